The number of para-hydroxylation sites is 2. The molecule has 0 atom stereocenters. The Balaban J connectivity index is 1.41. The fourth-order valence-corrected chi connectivity index (χ4v) is 4.59. The van der Waals surface area contributed by atoms with Crippen LogP contribution in [0.2, 0.25) is 0 Å². The molecule has 42 heavy (non-hydrogen) atoms. The van der Waals surface area contributed by atoms with Crippen LogP contribution in [0.15, 0.2) is 91.0 Å². The highest BCUT2D eigenvalue weighted by molar-refractivity contribution is 5.81. The minimum absolute atomic E-state index is 0.000850. The van der Waals surface area contributed by atoms with Crippen LogP contribution in [0.1, 0.15) is 23.6 Å². The van der Waals surface area contributed by atoms with E-state index >= 15 is 0 Å². The van der Waals surface area contributed by atoms with Crippen LogP contribution in [0.3, 0.4) is 0 Å². The molecule has 10 heteroatoms. The topological polar surface area (TPSA) is 62.6 Å². The molecule has 1 heterocycles. The van der Waals surface area contributed by atoms with Gasteiger partial charge in [0, 0.05) is 5.56 Å². The first-order valence-corrected chi connectivity index (χ1v) is 13.1. The molecule has 0 amide bonds. The summed E-state index contributed by atoms with van der Waals surface area (Å²) in [6, 6.07) is 24.8. The van der Waals surface area contributed by atoms with Gasteiger partial charge in [0.1, 0.15) is 18.2 Å². The molecule has 6 nitrogen and oxygen atoms in total. The third-order valence-corrected chi connectivity index (χ3v) is 6.48. The second-order valence-corrected chi connectivity index (χ2v) is 9.39. The number of hydrogen-bond donors (Lipinski definition) is 0. The van der Waals surface area contributed by atoms with Crippen molar-refractivity contribution in [2.75, 3.05) is 6.61 Å². The number of benzene rings is 4. The van der Waals surface area contributed by atoms with E-state index in [1.54, 1.807) is 6.92 Å². The normalized spacial score (nSPS) is 11.5. The van der Waals surface area contributed by atoms with Gasteiger partial charge in [0.05, 0.1) is 30.6 Å². The van der Waals surface area contributed by atoms with Crippen LogP contribution in [0.4, 0.5) is 17.6 Å². The van der Waals surface area contributed by atoms with Crippen LogP contribution >= 0.6 is 0 Å². The number of hydrogen-bond acceptors (Lipinski definition) is 5. The first-order chi connectivity index (χ1) is 20.2. The van der Waals surface area contributed by atoms with E-state index in [-0.39, 0.29) is 31.1 Å². The molecule has 0 aliphatic heterocycles. The van der Waals surface area contributed by atoms with Crippen molar-refractivity contribution in [1.29, 1.82) is 0 Å². The number of halogens is 4. The lowest BCUT2D eigenvalue weighted by Crippen LogP contribution is -2.17. The predicted molar refractivity (Wildman–Crippen MR) is 148 cm³/mol. The Morgan fingerprint density at radius 1 is 0.905 bits per heavy atom. The van der Waals surface area contributed by atoms with Gasteiger partial charge in [-0.2, -0.15) is 0 Å². The number of imidazole rings is 1. The number of carbonyl (C=O) groups excluding carboxylic acids is 1. The second kappa shape index (κ2) is 12.3. The largest absolute Gasteiger partial charge is 0.573 e. The standard InChI is InChI=1S/C32H26F4N2O4/c1-2-40-30(39)18-21-11-16-26(33)29(17-21)41-20-24-8-4-3-7-23(24)19-38-28-10-6-5-9-27(28)37-31(38)22-12-14-25(15-13-22)42-32(34,35)36/h3-17H,2,18-20H2,1H3. The van der Waals surface area contributed by atoms with Gasteiger partial charge in [-0.05, 0) is 72.1 Å². The quantitative estimate of drug-likeness (QED) is 0.127. The fraction of sp³-hybridized carbons (Fsp3) is 0.188. The van der Waals surface area contributed by atoms with Gasteiger partial charge in [0.15, 0.2) is 11.6 Å². The highest BCUT2D eigenvalue weighted by Gasteiger charge is 2.31. The molecule has 1 aromatic heterocycles. The van der Waals surface area contributed by atoms with E-state index in [1.807, 2.05) is 53.1 Å². The summed E-state index contributed by atoms with van der Waals surface area (Å²) in [4.78, 5) is 16.6. The maximum Gasteiger partial charge on any atom is 0.573 e. The molecule has 0 bridgehead atoms. The van der Waals surface area contributed by atoms with Crippen LogP contribution in [0.5, 0.6) is 11.5 Å². The molecule has 0 unspecified atom stereocenters. The smallest absolute Gasteiger partial charge is 0.486 e. The van der Waals surface area contributed by atoms with Gasteiger partial charge in [-0.15, -0.1) is 13.2 Å². The van der Waals surface area contributed by atoms with Crippen molar-refractivity contribution in [2.24, 2.45) is 0 Å². The average Bonchev–Trinajstić information content (AvgIpc) is 3.32. The summed E-state index contributed by atoms with van der Waals surface area (Å²) in [5, 5.41) is 0. The van der Waals surface area contributed by atoms with Gasteiger partial charge in [-0.3, -0.25) is 4.79 Å². The van der Waals surface area contributed by atoms with E-state index < -0.39 is 18.1 Å². The van der Waals surface area contributed by atoms with Gasteiger partial charge in [-0.1, -0.05) is 42.5 Å². The van der Waals surface area contributed by atoms with E-state index in [1.165, 1.54) is 42.5 Å². The Hall–Kier alpha value is -4.86. The SMILES string of the molecule is CCOC(=O)Cc1ccc(F)c(OCc2ccccc2Cn2c(-c3ccc(OC(F)(F)F)cc3)nc3ccccc32)c1. The summed E-state index contributed by atoms with van der Waals surface area (Å²) >= 11 is 0. The lowest BCUT2D eigenvalue weighted by atomic mass is 10.1. The second-order valence-electron chi connectivity index (χ2n) is 9.39. The maximum absolute atomic E-state index is 14.6. The van der Waals surface area contributed by atoms with Gasteiger partial charge in [0.25, 0.3) is 0 Å². The van der Waals surface area contributed by atoms with Gasteiger partial charge in [0.2, 0.25) is 0 Å². The van der Waals surface area contributed by atoms with E-state index in [4.69, 9.17) is 14.5 Å². The highest BCUT2D eigenvalue weighted by atomic mass is 19.4. The number of esters is 1. The Morgan fingerprint density at radius 2 is 1.62 bits per heavy atom. The third-order valence-electron chi connectivity index (χ3n) is 6.48. The molecule has 4 aromatic carbocycles. The summed E-state index contributed by atoms with van der Waals surface area (Å²) in [5.41, 5.74) is 4.40. The van der Waals surface area contributed by atoms with Crippen molar-refractivity contribution in [2.45, 2.75) is 32.9 Å². The first-order valence-electron chi connectivity index (χ1n) is 13.1. The molecular weight excluding hydrogens is 552 g/mol. The highest BCUT2D eigenvalue weighted by Crippen LogP contribution is 2.30. The Kier molecular flexibility index (Phi) is 8.42. The molecule has 0 fully saturated rings. The summed E-state index contributed by atoms with van der Waals surface area (Å²) in [6.07, 6.45) is -4.79. The molecule has 5 rings (SSSR count). The zero-order chi connectivity index (χ0) is 29.7. The molecule has 0 aliphatic rings. The molecule has 0 radical (unpaired) electrons. The number of carbonyl (C=O) groups is 1. The lowest BCUT2D eigenvalue weighted by molar-refractivity contribution is -0.274. The summed E-state index contributed by atoms with van der Waals surface area (Å²) in [7, 11) is 0. The first kappa shape index (κ1) is 28.7. The van der Waals surface area contributed by atoms with Crippen molar-refractivity contribution < 1.29 is 36.6 Å². The molecule has 0 saturated carbocycles. The predicted octanol–water partition coefficient (Wildman–Crippen LogP) is 7.47. The lowest BCUT2D eigenvalue weighted by Gasteiger charge is -2.15. The zero-order valence-electron chi connectivity index (χ0n) is 22.5. The number of ether oxygens (including phenoxy) is 3. The Bertz CT molecular complexity index is 1700. The molecular formula is C32H26F4N2O4. The number of fused-ring (bicyclic) bond motifs is 1. The number of aromatic nitrogens is 2. The van der Waals surface area contributed by atoms with Crippen molar-refractivity contribution in [3.63, 3.8) is 0 Å². The third kappa shape index (κ3) is 6.88. The van der Waals surface area contributed by atoms with Crippen LogP contribution in [-0.4, -0.2) is 28.5 Å². The van der Waals surface area contributed by atoms with E-state index in [0.717, 1.165) is 22.2 Å². The van der Waals surface area contributed by atoms with Crippen LogP contribution in [-0.2, 0) is 29.1 Å². The number of alkyl halides is 3. The molecule has 216 valence electrons. The summed E-state index contributed by atoms with van der Waals surface area (Å²) in [5.74, 6) is -0.716. The van der Waals surface area contributed by atoms with Crippen molar-refractivity contribution in [3.05, 3.63) is 114 Å². The molecule has 0 N–H and O–H groups in total. The van der Waals surface area contributed by atoms with E-state index in [9.17, 15) is 22.4 Å². The summed E-state index contributed by atoms with van der Waals surface area (Å²) in [6.45, 7) is 2.39. The fourth-order valence-electron chi connectivity index (χ4n) is 4.59. The van der Waals surface area contributed by atoms with Gasteiger partial charge in [-0.25, -0.2) is 9.37 Å². The molecule has 5 aromatic rings. The minimum atomic E-state index is -4.79. The number of nitrogens with zero attached hydrogens (tertiary/aromatic N) is 2. The maximum atomic E-state index is 14.6. The number of rotatable bonds is 10. The van der Waals surface area contributed by atoms with E-state index in [0.29, 0.717) is 23.5 Å². The Labute approximate surface area is 239 Å². The minimum Gasteiger partial charge on any atom is -0.486 e. The Morgan fingerprint density at radius 3 is 2.36 bits per heavy atom. The van der Waals surface area contributed by atoms with Crippen molar-refractivity contribution in [1.82, 2.24) is 9.55 Å². The van der Waals surface area contributed by atoms with Crippen molar-refractivity contribution in [3.8, 4) is 22.9 Å². The van der Waals surface area contributed by atoms with Gasteiger partial charge < -0.3 is 18.8 Å². The monoisotopic (exact) mass is 578 g/mol. The molecule has 0 aliphatic carbocycles. The zero-order valence-corrected chi connectivity index (χ0v) is 22.5. The summed E-state index contributed by atoms with van der Waals surface area (Å²) < 4.78 is 69.3. The van der Waals surface area contributed by atoms with Crippen molar-refractivity contribution >= 4 is 17.0 Å². The average molecular weight is 579 g/mol. The molecule has 0 saturated heterocycles. The molecule has 0 spiro atoms. The van der Waals surface area contributed by atoms with E-state index in [2.05, 4.69) is 4.74 Å². The van der Waals surface area contributed by atoms with Crippen LogP contribution in [0.25, 0.3) is 22.4 Å². The van der Waals surface area contributed by atoms with Crippen LogP contribution in [0, 0.1) is 5.82 Å². The van der Waals surface area contributed by atoms with Gasteiger partial charge >= 0.3 is 12.3 Å². The van der Waals surface area contributed by atoms with Crippen LogP contribution < -0.4 is 9.47 Å².